The molecule has 1 fully saturated rings. The number of sulfonamides is 1. The van der Waals surface area contributed by atoms with Gasteiger partial charge in [0, 0.05) is 32.1 Å². The van der Waals surface area contributed by atoms with Gasteiger partial charge in [-0.05, 0) is 18.2 Å². The van der Waals surface area contributed by atoms with Crippen molar-refractivity contribution in [3.63, 3.8) is 0 Å². The van der Waals surface area contributed by atoms with Crippen LogP contribution in [0.3, 0.4) is 0 Å². The van der Waals surface area contributed by atoms with Crippen LogP contribution >= 0.6 is 0 Å². The van der Waals surface area contributed by atoms with Crippen LogP contribution in [0, 0.1) is 5.92 Å². The maximum Gasteiger partial charge on any atom is 0.416 e. The zero-order valence-corrected chi connectivity index (χ0v) is 15.7. The summed E-state index contributed by atoms with van der Waals surface area (Å²) in [7, 11) is -4.60. The van der Waals surface area contributed by atoms with Gasteiger partial charge in [0.2, 0.25) is 15.9 Å². The molecule has 28 heavy (non-hydrogen) atoms. The Morgan fingerprint density at radius 2 is 1.32 bits per heavy atom. The number of benzene rings is 1. The molecule has 0 unspecified atom stereocenters. The third kappa shape index (κ3) is 4.77. The first-order valence-corrected chi connectivity index (χ1v) is 9.66. The van der Waals surface area contributed by atoms with E-state index in [4.69, 9.17) is 0 Å². The van der Waals surface area contributed by atoms with Gasteiger partial charge >= 0.3 is 12.4 Å². The fourth-order valence-electron chi connectivity index (χ4n) is 2.74. The van der Waals surface area contributed by atoms with Gasteiger partial charge in [0.1, 0.15) is 0 Å². The molecule has 0 bridgehead atoms. The third-order valence-electron chi connectivity index (χ3n) is 4.24. The molecule has 1 aromatic rings. The number of hydrogen-bond donors (Lipinski definition) is 0. The first-order chi connectivity index (χ1) is 12.6. The number of nitrogens with zero attached hydrogens (tertiary/aromatic N) is 2. The van der Waals surface area contributed by atoms with Gasteiger partial charge in [0.25, 0.3) is 0 Å². The normalized spacial score (nSPS) is 17.2. The second-order valence-corrected chi connectivity index (χ2v) is 8.56. The van der Waals surface area contributed by atoms with E-state index in [1.807, 2.05) is 0 Å². The van der Waals surface area contributed by atoms with Gasteiger partial charge in [0.05, 0.1) is 16.0 Å². The molecule has 5 nitrogen and oxygen atoms in total. The number of amides is 1. The molecule has 1 saturated heterocycles. The fraction of sp³-hybridized carbons (Fsp3) is 0.562. The Morgan fingerprint density at radius 3 is 1.68 bits per heavy atom. The molecule has 0 spiro atoms. The molecule has 158 valence electrons. The Kier molecular flexibility index (Phi) is 6.05. The van der Waals surface area contributed by atoms with Crippen LogP contribution in [0.1, 0.15) is 25.0 Å². The highest BCUT2D eigenvalue weighted by atomic mass is 32.2. The summed E-state index contributed by atoms with van der Waals surface area (Å²) in [6.45, 7) is 2.87. The molecule has 0 aliphatic carbocycles. The first-order valence-electron chi connectivity index (χ1n) is 8.22. The van der Waals surface area contributed by atoms with Crippen molar-refractivity contribution < 1.29 is 39.6 Å². The number of carbonyl (C=O) groups is 1. The lowest BCUT2D eigenvalue weighted by Gasteiger charge is -2.35. The second-order valence-electron chi connectivity index (χ2n) is 6.63. The maximum absolute atomic E-state index is 13.0. The summed E-state index contributed by atoms with van der Waals surface area (Å²) in [5, 5.41) is 0. The maximum atomic E-state index is 13.0. The number of halogens is 6. The van der Waals surface area contributed by atoms with Crippen LogP contribution in [0.25, 0.3) is 0 Å². The Labute approximate surface area is 158 Å². The van der Waals surface area contributed by atoms with E-state index >= 15 is 0 Å². The molecule has 2 rings (SSSR count). The van der Waals surface area contributed by atoms with Crippen LogP contribution in [0.15, 0.2) is 23.1 Å². The summed E-state index contributed by atoms with van der Waals surface area (Å²) >= 11 is 0. The molecular weight excluding hydrogens is 414 g/mol. The minimum atomic E-state index is -5.14. The van der Waals surface area contributed by atoms with Gasteiger partial charge < -0.3 is 4.90 Å². The third-order valence-corrected chi connectivity index (χ3v) is 6.12. The molecular formula is C16H18F6N2O3S. The predicted molar refractivity (Wildman–Crippen MR) is 86.6 cm³/mol. The van der Waals surface area contributed by atoms with E-state index < -0.39 is 38.4 Å². The van der Waals surface area contributed by atoms with Crippen molar-refractivity contribution in [3.05, 3.63) is 29.3 Å². The Hall–Kier alpha value is -1.82. The van der Waals surface area contributed by atoms with Gasteiger partial charge in [-0.1, -0.05) is 13.8 Å². The van der Waals surface area contributed by atoms with Crippen molar-refractivity contribution in [3.8, 4) is 0 Å². The van der Waals surface area contributed by atoms with Crippen molar-refractivity contribution >= 4 is 15.9 Å². The van der Waals surface area contributed by atoms with Crippen molar-refractivity contribution in [2.75, 3.05) is 26.2 Å². The minimum absolute atomic E-state index is 0.00132. The molecule has 12 heteroatoms. The number of alkyl halides is 6. The SMILES string of the molecule is CC(C)C(=O)N1CCN(S(=O)(=O)c2cc(C(F)(F)F)cc(C(F)(F)F)c2)CC1. The van der Waals surface area contributed by atoms with Crippen LogP contribution in [0.2, 0.25) is 0 Å². The van der Waals surface area contributed by atoms with Crippen LogP contribution in [-0.2, 0) is 27.2 Å². The smallest absolute Gasteiger partial charge is 0.340 e. The zero-order valence-electron chi connectivity index (χ0n) is 14.9. The largest absolute Gasteiger partial charge is 0.416 e. The molecule has 0 radical (unpaired) electrons. The zero-order chi connectivity index (χ0) is 21.5. The monoisotopic (exact) mass is 432 g/mol. The molecule has 1 amide bonds. The lowest BCUT2D eigenvalue weighted by Crippen LogP contribution is -2.51. The Balaban J connectivity index is 2.37. The Morgan fingerprint density at radius 1 is 0.893 bits per heavy atom. The highest BCUT2D eigenvalue weighted by molar-refractivity contribution is 7.89. The van der Waals surface area contributed by atoms with Gasteiger partial charge in [-0.25, -0.2) is 8.42 Å². The average molecular weight is 432 g/mol. The van der Waals surface area contributed by atoms with E-state index in [1.54, 1.807) is 13.8 Å². The summed E-state index contributed by atoms with van der Waals surface area (Å²) in [6.07, 6.45) is -10.3. The number of carbonyl (C=O) groups excluding carboxylic acids is 1. The van der Waals surface area contributed by atoms with Gasteiger partial charge in [0.15, 0.2) is 0 Å². The molecule has 0 aromatic heterocycles. The molecule has 1 aromatic carbocycles. The lowest BCUT2D eigenvalue weighted by molar-refractivity contribution is -0.143. The summed E-state index contributed by atoms with van der Waals surface area (Å²) < 4.78 is 104. The minimum Gasteiger partial charge on any atom is -0.340 e. The molecule has 1 heterocycles. The van der Waals surface area contributed by atoms with E-state index in [9.17, 15) is 39.6 Å². The summed E-state index contributed by atoms with van der Waals surface area (Å²) in [5.74, 6) is -0.531. The average Bonchev–Trinajstić information content (AvgIpc) is 2.59. The van der Waals surface area contributed by atoms with Crippen LogP contribution in [0.4, 0.5) is 26.3 Å². The quantitative estimate of drug-likeness (QED) is 0.690. The van der Waals surface area contributed by atoms with Gasteiger partial charge in [-0.3, -0.25) is 4.79 Å². The number of piperazine rings is 1. The van der Waals surface area contributed by atoms with Crippen LogP contribution in [0.5, 0.6) is 0 Å². The van der Waals surface area contributed by atoms with Crippen molar-refractivity contribution in [1.29, 1.82) is 0 Å². The van der Waals surface area contributed by atoms with E-state index in [0.29, 0.717) is 0 Å². The van der Waals surface area contributed by atoms with Crippen LogP contribution in [-0.4, -0.2) is 49.7 Å². The van der Waals surface area contributed by atoms with E-state index in [0.717, 1.165) is 4.31 Å². The van der Waals surface area contributed by atoms with E-state index in [1.165, 1.54) is 4.90 Å². The van der Waals surface area contributed by atoms with E-state index in [2.05, 4.69) is 0 Å². The topological polar surface area (TPSA) is 57.7 Å². The van der Waals surface area contributed by atoms with Crippen LogP contribution < -0.4 is 0 Å². The van der Waals surface area contributed by atoms with Gasteiger partial charge in [-0.2, -0.15) is 30.6 Å². The van der Waals surface area contributed by atoms with Crippen molar-refractivity contribution in [2.45, 2.75) is 31.1 Å². The standard InChI is InChI=1S/C16H18F6N2O3S/c1-10(2)14(25)23-3-5-24(6-4-23)28(26,27)13-8-11(15(17,18)19)7-12(9-13)16(20,21)22/h7-10H,3-6H2,1-2H3. The van der Waals surface area contributed by atoms with Crippen molar-refractivity contribution in [2.24, 2.45) is 5.92 Å². The van der Waals surface area contributed by atoms with Gasteiger partial charge in [-0.15, -0.1) is 0 Å². The molecule has 1 aliphatic heterocycles. The number of rotatable bonds is 3. The molecule has 1 aliphatic rings. The highest BCUT2D eigenvalue weighted by Crippen LogP contribution is 2.37. The summed E-state index contributed by atoms with van der Waals surface area (Å²) in [4.78, 5) is 12.3. The highest BCUT2D eigenvalue weighted by Gasteiger charge is 2.39. The lowest BCUT2D eigenvalue weighted by atomic mass is 10.1. The molecule has 0 atom stereocenters. The molecule has 0 saturated carbocycles. The predicted octanol–water partition coefficient (Wildman–Crippen LogP) is 3.21. The molecule has 0 N–H and O–H groups in total. The number of hydrogen-bond acceptors (Lipinski definition) is 3. The van der Waals surface area contributed by atoms with E-state index in [-0.39, 0.29) is 56.2 Å². The van der Waals surface area contributed by atoms with Crippen molar-refractivity contribution in [1.82, 2.24) is 9.21 Å². The fourth-order valence-corrected chi connectivity index (χ4v) is 4.23. The first kappa shape index (κ1) is 22.5. The summed E-state index contributed by atoms with van der Waals surface area (Å²) in [5.41, 5.74) is -3.40. The summed E-state index contributed by atoms with van der Waals surface area (Å²) in [6, 6.07) is 0.255. The Bertz CT molecular complexity index is 809. The second kappa shape index (κ2) is 7.54.